The Hall–Kier alpha value is 0.210. The molecule has 1 rings (SSSR count). The molecule has 1 aliphatic heterocycles. The summed E-state index contributed by atoms with van der Waals surface area (Å²) in [5, 5.41) is 11.9. The van der Waals surface area contributed by atoms with E-state index in [4.69, 9.17) is 5.11 Å². The molecule has 0 saturated carbocycles. The molecular formula is C8H18ClNO. The highest BCUT2D eigenvalue weighted by atomic mass is 35.5. The predicted molar refractivity (Wildman–Crippen MR) is 49.2 cm³/mol. The van der Waals surface area contributed by atoms with Gasteiger partial charge in [0.2, 0.25) is 0 Å². The minimum Gasteiger partial charge on any atom is -0.396 e. The van der Waals surface area contributed by atoms with Gasteiger partial charge in [0.05, 0.1) is 0 Å². The third-order valence-electron chi connectivity index (χ3n) is 2.17. The molecule has 0 aliphatic carbocycles. The Kier molecular flexibility index (Phi) is 7.02. The standard InChI is InChI=1S/C8H17NO.ClH/c10-6-2-4-8-3-1-5-9-7-8;/h8-10H,1-7H2;1H/t8-;/m1./s1. The molecule has 0 spiro atoms. The smallest absolute Gasteiger partial charge is 0.0431 e. The van der Waals surface area contributed by atoms with Crippen LogP contribution in [0.2, 0.25) is 0 Å². The van der Waals surface area contributed by atoms with Gasteiger partial charge in [0, 0.05) is 6.61 Å². The molecule has 2 N–H and O–H groups in total. The van der Waals surface area contributed by atoms with Crippen LogP contribution >= 0.6 is 12.4 Å². The first-order valence-corrected chi connectivity index (χ1v) is 4.25. The second-order valence-electron chi connectivity index (χ2n) is 3.08. The highest BCUT2D eigenvalue weighted by molar-refractivity contribution is 5.85. The summed E-state index contributed by atoms with van der Waals surface area (Å²) in [5.74, 6) is 0.834. The molecule has 68 valence electrons. The van der Waals surface area contributed by atoms with E-state index in [9.17, 15) is 0 Å². The van der Waals surface area contributed by atoms with Gasteiger partial charge in [-0.3, -0.25) is 0 Å². The van der Waals surface area contributed by atoms with Crippen molar-refractivity contribution in [2.24, 2.45) is 5.92 Å². The fourth-order valence-corrected chi connectivity index (χ4v) is 1.55. The zero-order chi connectivity index (χ0) is 7.23. The number of nitrogens with one attached hydrogen (secondary N) is 1. The molecule has 0 radical (unpaired) electrons. The SMILES string of the molecule is Cl.OCCC[C@H]1CCCNC1. The van der Waals surface area contributed by atoms with Crippen LogP contribution in [0.3, 0.4) is 0 Å². The molecule has 1 aliphatic rings. The lowest BCUT2D eigenvalue weighted by Crippen LogP contribution is -2.29. The van der Waals surface area contributed by atoms with Crippen LogP contribution in [0, 0.1) is 5.92 Å². The first-order chi connectivity index (χ1) is 4.93. The monoisotopic (exact) mass is 179 g/mol. The molecule has 0 aromatic carbocycles. The Morgan fingerprint density at radius 2 is 2.27 bits per heavy atom. The van der Waals surface area contributed by atoms with E-state index in [1.807, 2.05) is 0 Å². The second-order valence-corrected chi connectivity index (χ2v) is 3.08. The number of halogens is 1. The van der Waals surface area contributed by atoms with E-state index in [1.54, 1.807) is 0 Å². The largest absolute Gasteiger partial charge is 0.396 e. The van der Waals surface area contributed by atoms with E-state index in [-0.39, 0.29) is 12.4 Å². The van der Waals surface area contributed by atoms with Crippen molar-refractivity contribution in [2.45, 2.75) is 25.7 Å². The predicted octanol–water partition coefficient (Wildman–Crippen LogP) is 1.18. The summed E-state index contributed by atoms with van der Waals surface area (Å²) >= 11 is 0. The Bertz CT molecular complexity index is 84.2. The molecule has 0 bridgehead atoms. The number of piperidine rings is 1. The Morgan fingerprint density at radius 1 is 1.45 bits per heavy atom. The summed E-state index contributed by atoms with van der Waals surface area (Å²) in [4.78, 5) is 0. The quantitative estimate of drug-likeness (QED) is 0.682. The normalized spacial score (nSPS) is 24.3. The van der Waals surface area contributed by atoms with E-state index in [0.29, 0.717) is 6.61 Å². The first-order valence-electron chi connectivity index (χ1n) is 4.25. The van der Waals surface area contributed by atoms with Crippen molar-refractivity contribution in [3.8, 4) is 0 Å². The molecule has 0 aromatic heterocycles. The van der Waals surface area contributed by atoms with Crippen molar-refractivity contribution in [3.63, 3.8) is 0 Å². The van der Waals surface area contributed by atoms with Gasteiger partial charge in [-0.2, -0.15) is 0 Å². The van der Waals surface area contributed by atoms with E-state index in [2.05, 4.69) is 5.32 Å². The number of aliphatic hydroxyl groups excluding tert-OH is 1. The van der Waals surface area contributed by atoms with Gasteiger partial charge in [0.1, 0.15) is 0 Å². The number of rotatable bonds is 3. The summed E-state index contributed by atoms with van der Waals surface area (Å²) in [6, 6.07) is 0. The molecular weight excluding hydrogens is 162 g/mol. The topological polar surface area (TPSA) is 32.3 Å². The van der Waals surface area contributed by atoms with Crippen LogP contribution in [0.4, 0.5) is 0 Å². The molecule has 1 atom stereocenters. The number of hydrogen-bond acceptors (Lipinski definition) is 2. The van der Waals surface area contributed by atoms with Gasteiger partial charge in [-0.15, -0.1) is 12.4 Å². The van der Waals surface area contributed by atoms with Crippen molar-refractivity contribution < 1.29 is 5.11 Å². The van der Waals surface area contributed by atoms with Crippen molar-refractivity contribution in [2.75, 3.05) is 19.7 Å². The Labute approximate surface area is 74.8 Å². The molecule has 0 aromatic rings. The molecule has 0 unspecified atom stereocenters. The molecule has 1 heterocycles. The average molecular weight is 180 g/mol. The van der Waals surface area contributed by atoms with E-state index < -0.39 is 0 Å². The van der Waals surface area contributed by atoms with E-state index in [1.165, 1.54) is 32.4 Å². The van der Waals surface area contributed by atoms with Crippen LogP contribution < -0.4 is 5.32 Å². The highest BCUT2D eigenvalue weighted by Crippen LogP contribution is 2.14. The Morgan fingerprint density at radius 3 is 2.82 bits per heavy atom. The molecule has 1 saturated heterocycles. The van der Waals surface area contributed by atoms with Gasteiger partial charge in [-0.05, 0) is 44.7 Å². The summed E-state index contributed by atoms with van der Waals surface area (Å²) in [6.45, 7) is 2.71. The molecule has 1 fully saturated rings. The van der Waals surface area contributed by atoms with Gasteiger partial charge in [-0.25, -0.2) is 0 Å². The van der Waals surface area contributed by atoms with Gasteiger partial charge < -0.3 is 10.4 Å². The van der Waals surface area contributed by atoms with E-state index >= 15 is 0 Å². The van der Waals surface area contributed by atoms with Crippen molar-refractivity contribution in [1.82, 2.24) is 5.32 Å². The Balaban J connectivity index is 0.000001000. The minimum atomic E-state index is 0. The maximum absolute atomic E-state index is 8.58. The maximum atomic E-state index is 8.58. The molecule has 2 nitrogen and oxygen atoms in total. The van der Waals surface area contributed by atoms with Gasteiger partial charge in [0.15, 0.2) is 0 Å². The molecule has 0 amide bonds. The van der Waals surface area contributed by atoms with Crippen LogP contribution in [0.15, 0.2) is 0 Å². The average Bonchev–Trinajstić information content (AvgIpc) is 2.03. The zero-order valence-electron chi connectivity index (χ0n) is 6.88. The lowest BCUT2D eigenvalue weighted by Gasteiger charge is -2.21. The second kappa shape index (κ2) is 6.89. The van der Waals surface area contributed by atoms with Crippen molar-refractivity contribution >= 4 is 12.4 Å². The van der Waals surface area contributed by atoms with Gasteiger partial charge >= 0.3 is 0 Å². The molecule has 3 heteroatoms. The highest BCUT2D eigenvalue weighted by Gasteiger charge is 2.11. The van der Waals surface area contributed by atoms with Crippen molar-refractivity contribution in [1.29, 1.82) is 0 Å². The lowest BCUT2D eigenvalue weighted by atomic mass is 9.95. The van der Waals surface area contributed by atoms with Crippen LogP contribution in [-0.2, 0) is 0 Å². The zero-order valence-corrected chi connectivity index (χ0v) is 7.70. The minimum absolute atomic E-state index is 0. The van der Waals surface area contributed by atoms with Crippen LogP contribution in [0.25, 0.3) is 0 Å². The van der Waals surface area contributed by atoms with Crippen molar-refractivity contribution in [3.05, 3.63) is 0 Å². The number of aliphatic hydroxyl groups is 1. The fraction of sp³-hybridized carbons (Fsp3) is 1.00. The summed E-state index contributed by atoms with van der Waals surface area (Å²) in [7, 11) is 0. The maximum Gasteiger partial charge on any atom is 0.0431 e. The molecule has 11 heavy (non-hydrogen) atoms. The third-order valence-corrected chi connectivity index (χ3v) is 2.17. The van der Waals surface area contributed by atoms with Gasteiger partial charge in [0.25, 0.3) is 0 Å². The van der Waals surface area contributed by atoms with Crippen LogP contribution in [0.5, 0.6) is 0 Å². The number of hydrogen-bond donors (Lipinski definition) is 2. The van der Waals surface area contributed by atoms with Crippen LogP contribution in [0.1, 0.15) is 25.7 Å². The van der Waals surface area contributed by atoms with E-state index in [0.717, 1.165) is 12.3 Å². The van der Waals surface area contributed by atoms with Crippen LogP contribution in [-0.4, -0.2) is 24.8 Å². The summed E-state index contributed by atoms with van der Waals surface area (Å²) in [5.41, 5.74) is 0. The fourth-order valence-electron chi connectivity index (χ4n) is 1.55. The summed E-state index contributed by atoms with van der Waals surface area (Å²) in [6.07, 6.45) is 4.85. The third kappa shape index (κ3) is 4.62. The first kappa shape index (κ1) is 11.2. The van der Waals surface area contributed by atoms with Gasteiger partial charge in [-0.1, -0.05) is 0 Å². The lowest BCUT2D eigenvalue weighted by molar-refractivity contribution is 0.258. The summed E-state index contributed by atoms with van der Waals surface area (Å²) < 4.78 is 0.